The van der Waals surface area contributed by atoms with Crippen LogP contribution in [0.15, 0.2) is 24.3 Å². The number of hydrogen-bond acceptors (Lipinski definition) is 4. The minimum Gasteiger partial charge on any atom is -0.392 e. The van der Waals surface area contributed by atoms with E-state index in [0.29, 0.717) is 31.7 Å². The Morgan fingerprint density at radius 3 is 2.83 bits per heavy atom. The van der Waals surface area contributed by atoms with Crippen molar-refractivity contribution in [3.63, 3.8) is 0 Å². The average Bonchev–Trinajstić information content (AvgIpc) is 2.40. The number of aliphatic hydroxyl groups excluding tert-OH is 1. The van der Waals surface area contributed by atoms with Crippen molar-refractivity contribution in [1.82, 2.24) is 0 Å². The summed E-state index contributed by atoms with van der Waals surface area (Å²) in [6.07, 6.45) is 1.05. The lowest BCUT2D eigenvalue weighted by Gasteiger charge is -2.31. The van der Waals surface area contributed by atoms with Gasteiger partial charge < -0.3 is 20.9 Å². The summed E-state index contributed by atoms with van der Waals surface area (Å²) < 4.78 is 5.21. The summed E-state index contributed by atoms with van der Waals surface area (Å²) in [6.45, 7) is 0.979. The zero-order valence-corrected chi connectivity index (χ0v) is 10.2. The zero-order valence-electron chi connectivity index (χ0n) is 10.2. The average molecular weight is 250 g/mol. The first-order valence-electron chi connectivity index (χ1n) is 6.02. The molecule has 5 nitrogen and oxygen atoms in total. The third-order valence-electron chi connectivity index (χ3n) is 3.20. The second kappa shape index (κ2) is 5.48. The molecule has 1 saturated heterocycles. The summed E-state index contributed by atoms with van der Waals surface area (Å²) >= 11 is 0. The number of nitrogens with two attached hydrogens (primary N) is 1. The van der Waals surface area contributed by atoms with E-state index in [2.05, 4.69) is 5.32 Å². The number of nitrogens with one attached hydrogen (secondary N) is 1. The second-order valence-electron chi connectivity index (χ2n) is 4.58. The summed E-state index contributed by atoms with van der Waals surface area (Å²) in [6, 6.07) is 7.09. The molecular weight excluding hydrogens is 232 g/mol. The van der Waals surface area contributed by atoms with Crippen LogP contribution in [0, 0.1) is 0 Å². The Morgan fingerprint density at radius 1 is 1.44 bits per heavy atom. The monoisotopic (exact) mass is 250 g/mol. The van der Waals surface area contributed by atoms with Crippen LogP contribution in [-0.4, -0.2) is 29.8 Å². The molecular formula is C13H18N2O3. The van der Waals surface area contributed by atoms with Crippen molar-refractivity contribution in [2.45, 2.75) is 25.0 Å². The third-order valence-corrected chi connectivity index (χ3v) is 3.20. The van der Waals surface area contributed by atoms with Crippen molar-refractivity contribution in [2.75, 3.05) is 18.5 Å². The summed E-state index contributed by atoms with van der Waals surface area (Å²) in [5.74, 6) is -0.194. The topological polar surface area (TPSA) is 84.6 Å². The van der Waals surface area contributed by atoms with Crippen LogP contribution in [0.4, 0.5) is 5.69 Å². The number of amides is 1. The van der Waals surface area contributed by atoms with Gasteiger partial charge in [0.05, 0.1) is 6.61 Å². The Morgan fingerprint density at radius 2 is 2.17 bits per heavy atom. The summed E-state index contributed by atoms with van der Waals surface area (Å²) in [5, 5.41) is 11.8. The first kappa shape index (κ1) is 13.0. The molecule has 1 heterocycles. The minimum atomic E-state index is -0.854. The van der Waals surface area contributed by atoms with E-state index in [0.717, 1.165) is 5.56 Å². The molecule has 0 radical (unpaired) electrons. The zero-order chi connectivity index (χ0) is 13.0. The van der Waals surface area contributed by atoms with E-state index in [1.165, 1.54) is 0 Å². The van der Waals surface area contributed by atoms with Crippen molar-refractivity contribution in [3.05, 3.63) is 29.8 Å². The largest absolute Gasteiger partial charge is 0.392 e. The lowest BCUT2D eigenvalue weighted by atomic mass is 9.90. The first-order valence-corrected chi connectivity index (χ1v) is 6.02. The number of carbonyl (C=O) groups is 1. The molecule has 1 aliphatic heterocycles. The van der Waals surface area contributed by atoms with Gasteiger partial charge in [0.25, 0.3) is 0 Å². The molecule has 1 amide bonds. The van der Waals surface area contributed by atoms with Crippen LogP contribution >= 0.6 is 0 Å². The molecule has 2 rings (SSSR count). The Balaban J connectivity index is 2.05. The van der Waals surface area contributed by atoms with Crippen LogP contribution in [0.5, 0.6) is 0 Å². The Hall–Kier alpha value is -1.43. The maximum atomic E-state index is 12.1. The Bertz CT molecular complexity index is 428. The van der Waals surface area contributed by atoms with Gasteiger partial charge >= 0.3 is 0 Å². The smallest absolute Gasteiger partial charge is 0.244 e. The number of rotatable bonds is 3. The highest BCUT2D eigenvalue weighted by Gasteiger charge is 2.35. The first-order chi connectivity index (χ1) is 8.64. The molecule has 0 spiro atoms. The quantitative estimate of drug-likeness (QED) is 0.734. The second-order valence-corrected chi connectivity index (χ2v) is 4.58. The molecule has 98 valence electrons. The van der Waals surface area contributed by atoms with E-state index in [-0.39, 0.29) is 12.5 Å². The molecule has 1 aromatic carbocycles. The van der Waals surface area contributed by atoms with Gasteiger partial charge in [-0.2, -0.15) is 0 Å². The number of carbonyl (C=O) groups excluding carboxylic acids is 1. The van der Waals surface area contributed by atoms with Crippen molar-refractivity contribution >= 4 is 11.6 Å². The van der Waals surface area contributed by atoms with Gasteiger partial charge in [0.2, 0.25) is 5.91 Å². The number of ether oxygens (including phenoxy) is 1. The van der Waals surface area contributed by atoms with Gasteiger partial charge in [-0.3, -0.25) is 4.79 Å². The molecule has 4 N–H and O–H groups in total. The highest BCUT2D eigenvalue weighted by molar-refractivity contribution is 5.98. The van der Waals surface area contributed by atoms with Crippen LogP contribution < -0.4 is 11.1 Å². The normalized spacial score (nSPS) is 18.3. The van der Waals surface area contributed by atoms with E-state index in [9.17, 15) is 4.79 Å². The number of aliphatic hydroxyl groups is 1. The van der Waals surface area contributed by atoms with Crippen molar-refractivity contribution in [2.24, 2.45) is 5.73 Å². The van der Waals surface area contributed by atoms with Crippen molar-refractivity contribution in [1.29, 1.82) is 0 Å². The number of hydrogen-bond donors (Lipinski definition) is 3. The molecule has 5 heteroatoms. The molecule has 0 aliphatic carbocycles. The fourth-order valence-corrected chi connectivity index (χ4v) is 1.97. The molecule has 1 aromatic rings. The van der Waals surface area contributed by atoms with Crippen LogP contribution in [-0.2, 0) is 16.1 Å². The molecule has 0 saturated carbocycles. The molecule has 0 atom stereocenters. The molecule has 1 aliphatic rings. The van der Waals surface area contributed by atoms with E-state index < -0.39 is 5.54 Å². The highest BCUT2D eigenvalue weighted by atomic mass is 16.5. The predicted octanol–water partition coefficient (Wildman–Crippen LogP) is 0.625. The maximum absolute atomic E-state index is 12.1. The fourth-order valence-electron chi connectivity index (χ4n) is 1.97. The van der Waals surface area contributed by atoms with Gasteiger partial charge in [-0.15, -0.1) is 0 Å². The van der Waals surface area contributed by atoms with Gasteiger partial charge in [-0.1, -0.05) is 12.1 Å². The molecule has 1 fully saturated rings. The summed E-state index contributed by atoms with van der Waals surface area (Å²) in [5.41, 5.74) is 6.64. The van der Waals surface area contributed by atoms with Crippen molar-refractivity contribution in [3.8, 4) is 0 Å². The Kier molecular flexibility index (Phi) is 3.96. The molecule has 0 aromatic heterocycles. The van der Waals surface area contributed by atoms with Gasteiger partial charge in [-0.25, -0.2) is 0 Å². The lowest BCUT2D eigenvalue weighted by molar-refractivity contribution is -0.124. The summed E-state index contributed by atoms with van der Waals surface area (Å²) in [7, 11) is 0. The number of benzene rings is 1. The molecule has 0 unspecified atom stereocenters. The maximum Gasteiger partial charge on any atom is 0.244 e. The SMILES string of the molecule is NC1(C(=O)Nc2cccc(CO)c2)CCOCC1. The molecule has 0 bridgehead atoms. The van der Waals surface area contributed by atoms with Crippen LogP contribution in [0.25, 0.3) is 0 Å². The van der Waals surface area contributed by atoms with Crippen LogP contribution in [0.3, 0.4) is 0 Å². The standard InChI is InChI=1S/C13H18N2O3/c14-13(4-6-18-7-5-13)12(17)15-11-3-1-2-10(8-11)9-16/h1-3,8,16H,4-7,9,14H2,(H,15,17). The van der Waals surface area contributed by atoms with Gasteiger partial charge in [-0.05, 0) is 30.5 Å². The van der Waals surface area contributed by atoms with E-state index >= 15 is 0 Å². The predicted molar refractivity (Wildman–Crippen MR) is 68.0 cm³/mol. The van der Waals surface area contributed by atoms with Gasteiger partial charge in [0, 0.05) is 18.9 Å². The van der Waals surface area contributed by atoms with Crippen LogP contribution in [0.2, 0.25) is 0 Å². The van der Waals surface area contributed by atoms with Gasteiger partial charge in [0.1, 0.15) is 5.54 Å². The lowest BCUT2D eigenvalue weighted by Crippen LogP contribution is -2.54. The van der Waals surface area contributed by atoms with E-state index in [1.807, 2.05) is 0 Å². The highest BCUT2D eigenvalue weighted by Crippen LogP contribution is 2.20. The minimum absolute atomic E-state index is 0.0503. The van der Waals surface area contributed by atoms with E-state index in [1.54, 1.807) is 24.3 Å². The fraction of sp³-hybridized carbons (Fsp3) is 0.462. The third kappa shape index (κ3) is 2.87. The Labute approximate surface area is 106 Å². The van der Waals surface area contributed by atoms with E-state index in [4.69, 9.17) is 15.6 Å². The summed E-state index contributed by atoms with van der Waals surface area (Å²) in [4.78, 5) is 12.1. The van der Waals surface area contributed by atoms with Crippen molar-refractivity contribution < 1.29 is 14.6 Å². The molecule has 18 heavy (non-hydrogen) atoms. The van der Waals surface area contributed by atoms with Gasteiger partial charge in [0.15, 0.2) is 0 Å². The number of anilines is 1. The van der Waals surface area contributed by atoms with Crippen LogP contribution in [0.1, 0.15) is 18.4 Å².